The number of hydrogen-bond acceptors (Lipinski definition) is 4. The first kappa shape index (κ1) is 14.6. The van der Waals surface area contributed by atoms with Crippen molar-refractivity contribution in [3.8, 4) is 0 Å². The van der Waals surface area contributed by atoms with Gasteiger partial charge in [0.1, 0.15) is 0 Å². The second kappa shape index (κ2) is 5.91. The van der Waals surface area contributed by atoms with Crippen LogP contribution >= 0.6 is 11.5 Å². The second-order valence-electron chi connectivity index (χ2n) is 6.17. The molecule has 4 heteroatoms. The van der Waals surface area contributed by atoms with Gasteiger partial charge in [-0.05, 0) is 23.9 Å². The molecule has 1 atom stereocenters. The molecule has 1 heterocycles. The van der Waals surface area contributed by atoms with Crippen molar-refractivity contribution < 1.29 is 0 Å². The summed E-state index contributed by atoms with van der Waals surface area (Å²) in [6.45, 7) is 11.0. The standard InChI is InChI=1S/C13H25N3S/c1-9(2)7-6-8-10(14)11-12(13(3,4)5)15-16-17-11/h9-10H,6-8,14H2,1-5H3. The van der Waals surface area contributed by atoms with E-state index in [1.165, 1.54) is 29.3 Å². The van der Waals surface area contributed by atoms with Gasteiger partial charge in [0, 0.05) is 11.5 Å². The maximum absolute atomic E-state index is 6.25. The van der Waals surface area contributed by atoms with Gasteiger partial charge < -0.3 is 5.73 Å². The molecule has 0 fully saturated rings. The molecule has 98 valence electrons. The Morgan fingerprint density at radius 2 is 1.88 bits per heavy atom. The molecule has 17 heavy (non-hydrogen) atoms. The molecule has 0 aromatic carbocycles. The predicted molar refractivity (Wildman–Crippen MR) is 74.2 cm³/mol. The van der Waals surface area contributed by atoms with Crippen molar-refractivity contribution in [3.63, 3.8) is 0 Å². The highest BCUT2D eigenvalue weighted by Crippen LogP contribution is 2.31. The average Bonchev–Trinajstić information content (AvgIpc) is 2.64. The second-order valence-corrected chi connectivity index (χ2v) is 6.95. The summed E-state index contributed by atoms with van der Waals surface area (Å²) in [5.41, 5.74) is 7.36. The largest absolute Gasteiger partial charge is 0.323 e. The lowest BCUT2D eigenvalue weighted by atomic mass is 9.89. The lowest BCUT2D eigenvalue weighted by molar-refractivity contribution is 0.497. The Morgan fingerprint density at radius 1 is 1.24 bits per heavy atom. The Kier molecular flexibility index (Phi) is 5.07. The molecule has 0 amide bonds. The van der Waals surface area contributed by atoms with Crippen LogP contribution in [0.15, 0.2) is 0 Å². The Labute approximate surface area is 109 Å². The van der Waals surface area contributed by atoms with Crippen molar-refractivity contribution in [1.29, 1.82) is 0 Å². The maximum Gasteiger partial charge on any atom is 0.0856 e. The Balaban J connectivity index is 2.63. The van der Waals surface area contributed by atoms with Crippen molar-refractivity contribution in [2.75, 3.05) is 0 Å². The highest BCUT2D eigenvalue weighted by Gasteiger charge is 2.25. The van der Waals surface area contributed by atoms with Gasteiger partial charge >= 0.3 is 0 Å². The van der Waals surface area contributed by atoms with Gasteiger partial charge in [-0.2, -0.15) is 0 Å². The van der Waals surface area contributed by atoms with Gasteiger partial charge in [0.2, 0.25) is 0 Å². The van der Waals surface area contributed by atoms with E-state index < -0.39 is 0 Å². The highest BCUT2D eigenvalue weighted by atomic mass is 32.1. The summed E-state index contributed by atoms with van der Waals surface area (Å²) in [4.78, 5) is 1.17. The van der Waals surface area contributed by atoms with Crippen LogP contribution in [0, 0.1) is 5.92 Å². The maximum atomic E-state index is 6.25. The fourth-order valence-electron chi connectivity index (χ4n) is 1.84. The third-order valence-corrected chi connectivity index (χ3v) is 3.71. The summed E-state index contributed by atoms with van der Waals surface area (Å²) in [5, 5.41) is 4.24. The first-order valence-electron chi connectivity index (χ1n) is 6.40. The molecule has 0 radical (unpaired) electrons. The van der Waals surface area contributed by atoms with E-state index in [2.05, 4.69) is 44.2 Å². The summed E-state index contributed by atoms with van der Waals surface area (Å²) in [6, 6.07) is 0.1000. The molecule has 0 spiro atoms. The predicted octanol–water partition coefficient (Wildman–Crippen LogP) is 3.66. The van der Waals surface area contributed by atoms with E-state index in [1.807, 2.05) is 0 Å². The minimum absolute atomic E-state index is 0.0397. The summed E-state index contributed by atoms with van der Waals surface area (Å²) in [5.74, 6) is 0.754. The zero-order valence-corrected chi connectivity index (χ0v) is 12.5. The van der Waals surface area contributed by atoms with E-state index in [0.717, 1.165) is 18.0 Å². The van der Waals surface area contributed by atoms with Crippen molar-refractivity contribution in [1.82, 2.24) is 9.59 Å². The molecule has 0 bridgehead atoms. The SMILES string of the molecule is CC(C)CCCC(N)c1snnc1C(C)(C)C. The summed E-state index contributed by atoms with van der Waals surface area (Å²) >= 11 is 1.46. The molecule has 2 N–H and O–H groups in total. The van der Waals surface area contributed by atoms with Gasteiger partial charge in [-0.3, -0.25) is 0 Å². The molecule has 1 unspecified atom stereocenters. The van der Waals surface area contributed by atoms with Gasteiger partial charge in [0.25, 0.3) is 0 Å². The van der Waals surface area contributed by atoms with E-state index in [1.54, 1.807) is 0 Å². The normalized spacial score (nSPS) is 14.3. The fourth-order valence-corrected chi connectivity index (χ4v) is 2.73. The smallest absolute Gasteiger partial charge is 0.0856 e. The van der Waals surface area contributed by atoms with Crippen molar-refractivity contribution in [2.45, 2.75) is 65.3 Å². The molecule has 1 rings (SSSR count). The van der Waals surface area contributed by atoms with Gasteiger partial charge in [0.05, 0.1) is 10.6 Å². The molecule has 0 saturated heterocycles. The van der Waals surface area contributed by atoms with Crippen molar-refractivity contribution in [3.05, 3.63) is 10.6 Å². The van der Waals surface area contributed by atoms with Crippen LogP contribution in [0.2, 0.25) is 0 Å². The van der Waals surface area contributed by atoms with E-state index in [0.29, 0.717) is 0 Å². The van der Waals surface area contributed by atoms with Gasteiger partial charge in [-0.1, -0.05) is 51.9 Å². The molecule has 3 nitrogen and oxygen atoms in total. The van der Waals surface area contributed by atoms with E-state index >= 15 is 0 Å². The molecular formula is C13H25N3S. The number of rotatable bonds is 5. The molecule has 1 aromatic heterocycles. The van der Waals surface area contributed by atoms with Gasteiger partial charge in [0.15, 0.2) is 0 Å². The molecule has 0 saturated carbocycles. The number of nitrogens with zero attached hydrogens (tertiary/aromatic N) is 2. The molecule has 0 aliphatic rings. The van der Waals surface area contributed by atoms with E-state index in [-0.39, 0.29) is 11.5 Å². The van der Waals surface area contributed by atoms with Gasteiger partial charge in [-0.25, -0.2) is 0 Å². The van der Waals surface area contributed by atoms with Crippen LogP contribution in [0.3, 0.4) is 0 Å². The van der Waals surface area contributed by atoms with Crippen LogP contribution in [0.4, 0.5) is 0 Å². The van der Waals surface area contributed by atoms with Crippen LogP contribution in [0.5, 0.6) is 0 Å². The third-order valence-electron chi connectivity index (χ3n) is 2.86. The monoisotopic (exact) mass is 255 g/mol. The first-order valence-corrected chi connectivity index (χ1v) is 7.18. The average molecular weight is 255 g/mol. The fraction of sp³-hybridized carbons (Fsp3) is 0.846. The van der Waals surface area contributed by atoms with Crippen LogP contribution in [0.25, 0.3) is 0 Å². The summed E-state index contributed by atoms with van der Waals surface area (Å²) in [7, 11) is 0. The third kappa shape index (κ3) is 4.36. The minimum atomic E-state index is 0.0397. The highest BCUT2D eigenvalue weighted by molar-refractivity contribution is 7.05. The van der Waals surface area contributed by atoms with Crippen LogP contribution in [-0.4, -0.2) is 9.59 Å². The quantitative estimate of drug-likeness (QED) is 0.873. The Bertz CT molecular complexity index is 339. The topological polar surface area (TPSA) is 51.8 Å². The molecule has 0 aliphatic carbocycles. The molecular weight excluding hydrogens is 230 g/mol. The summed E-state index contributed by atoms with van der Waals surface area (Å²) in [6.07, 6.45) is 3.45. The van der Waals surface area contributed by atoms with E-state index in [4.69, 9.17) is 5.73 Å². The lowest BCUT2D eigenvalue weighted by Gasteiger charge is -2.19. The van der Waals surface area contributed by atoms with E-state index in [9.17, 15) is 0 Å². The molecule has 0 aliphatic heterocycles. The minimum Gasteiger partial charge on any atom is -0.323 e. The van der Waals surface area contributed by atoms with Crippen LogP contribution in [-0.2, 0) is 5.41 Å². The van der Waals surface area contributed by atoms with Gasteiger partial charge in [-0.15, -0.1) is 5.10 Å². The number of aromatic nitrogens is 2. The lowest BCUT2D eigenvalue weighted by Crippen LogP contribution is -2.19. The van der Waals surface area contributed by atoms with Crippen LogP contribution < -0.4 is 5.73 Å². The zero-order valence-electron chi connectivity index (χ0n) is 11.7. The van der Waals surface area contributed by atoms with Crippen LogP contribution in [0.1, 0.15) is 70.5 Å². The molecule has 1 aromatic rings. The first-order chi connectivity index (χ1) is 7.82. The van der Waals surface area contributed by atoms with Crippen molar-refractivity contribution in [2.24, 2.45) is 11.7 Å². The number of nitrogens with two attached hydrogens (primary N) is 1. The van der Waals surface area contributed by atoms with Crippen molar-refractivity contribution >= 4 is 11.5 Å². The Hall–Kier alpha value is -0.480. The zero-order chi connectivity index (χ0) is 13.1. The number of hydrogen-bond donors (Lipinski definition) is 1. The Morgan fingerprint density at radius 3 is 2.41 bits per heavy atom. The summed E-state index contributed by atoms with van der Waals surface area (Å²) < 4.78 is 4.06.